The number of nitrogens with zero attached hydrogens (tertiary/aromatic N) is 2. The third-order valence-corrected chi connectivity index (χ3v) is 6.77. The maximum absolute atomic E-state index is 15.0. The summed E-state index contributed by atoms with van der Waals surface area (Å²) < 4.78 is 24.9. The average Bonchev–Trinajstić information content (AvgIpc) is 3.07. The van der Waals surface area contributed by atoms with Crippen molar-refractivity contribution < 1.29 is 33.4 Å². The van der Waals surface area contributed by atoms with E-state index in [-0.39, 0.29) is 42.1 Å². The lowest BCUT2D eigenvalue weighted by Gasteiger charge is -2.19. The number of rotatable bonds is 4. The van der Waals surface area contributed by atoms with Crippen LogP contribution in [0.3, 0.4) is 0 Å². The Kier molecular flexibility index (Phi) is 4.35. The van der Waals surface area contributed by atoms with Gasteiger partial charge in [-0.05, 0) is 41.4 Å². The van der Waals surface area contributed by atoms with Gasteiger partial charge in [0.1, 0.15) is 18.5 Å². The number of nitrogens with one attached hydrogen (secondary N) is 1. The molecule has 9 nitrogen and oxygen atoms in total. The van der Waals surface area contributed by atoms with Gasteiger partial charge in [0.2, 0.25) is 5.91 Å². The van der Waals surface area contributed by atoms with E-state index in [2.05, 4.69) is 10.1 Å². The van der Waals surface area contributed by atoms with Gasteiger partial charge in [0.15, 0.2) is 0 Å². The van der Waals surface area contributed by atoms with Crippen LogP contribution in [0.1, 0.15) is 17.0 Å². The van der Waals surface area contributed by atoms with E-state index in [1.807, 2.05) is 6.07 Å². The smallest absolute Gasteiger partial charge is 0.415 e. The van der Waals surface area contributed by atoms with Crippen LogP contribution in [0, 0.1) is 17.7 Å². The number of alkyl carbamates (subject to hydrolysis) is 1. The van der Waals surface area contributed by atoms with E-state index in [0.717, 1.165) is 5.56 Å². The van der Waals surface area contributed by atoms with E-state index >= 15 is 0 Å². The summed E-state index contributed by atoms with van der Waals surface area (Å²) in [5.41, 5.74) is 2.01. The Bertz CT molecular complexity index is 927. The van der Waals surface area contributed by atoms with Crippen molar-refractivity contribution in [2.75, 3.05) is 38.3 Å². The molecule has 1 aromatic rings. The van der Waals surface area contributed by atoms with E-state index in [9.17, 15) is 18.8 Å². The maximum Gasteiger partial charge on any atom is 0.415 e. The number of fused-ring (bicyclic) bond motifs is 4. The Balaban J connectivity index is 1.32. The van der Waals surface area contributed by atoms with Gasteiger partial charge < -0.3 is 24.8 Å². The molecule has 3 aliphatic heterocycles. The predicted molar refractivity (Wildman–Crippen MR) is 100 cm³/mol. The van der Waals surface area contributed by atoms with Crippen LogP contribution in [0.2, 0.25) is 0 Å². The molecule has 4 aliphatic rings. The zero-order chi connectivity index (χ0) is 21.2. The summed E-state index contributed by atoms with van der Waals surface area (Å²) in [5, 5.41) is 11.6. The van der Waals surface area contributed by atoms with E-state index < -0.39 is 24.9 Å². The summed E-state index contributed by atoms with van der Waals surface area (Å²) in [7, 11) is 1.25. The average molecular weight is 419 g/mol. The number of halogens is 1. The van der Waals surface area contributed by atoms with Crippen molar-refractivity contribution in [3.05, 3.63) is 29.1 Å². The topological polar surface area (TPSA) is 108 Å². The lowest BCUT2D eigenvalue weighted by molar-refractivity contribution is -0.133. The number of anilines is 1. The SMILES string of the molecule is COC(=O)NC[C@@H]1OC(=O)N2c3cc(F)c(C4C5CN(C(=O)CO)CC54)cc3C[C@@H]12. The number of piperidine rings is 1. The zero-order valence-electron chi connectivity index (χ0n) is 16.3. The number of carbonyl (C=O) groups is 3. The second kappa shape index (κ2) is 6.83. The first-order valence-corrected chi connectivity index (χ1v) is 9.95. The van der Waals surface area contributed by atoms with E-state index in [1.165, 1.54) is 18.1 Å². The molecule has 2 unspecified atom stereocenters. The first-order chi connectivity index (χ1) is 14.4. The first-order valence-electron chi connectivity index (χ1n) is 9.95. The number of aliphatic hydroxyl groups excluding tert-OH is 1. The molecule has 0 radical (unpaired) electrons. The largest absolute Gasteiger partial charge is 0.453 e. The molecule has 30 heavy (non-hydrogen) atoms. The lowest BCUT2D eigenvalue weighted by atomic mass is 9.99. The molecule has 160 valence electrons. The highest BCUT2D eigenvalue weighted by atomic mass is 19.1. The summed E-state index contributed by atoms with van der Waals surface area (Å²) in [5.74, 6) is -0.191. The molecule has 3 amide bonds. The molecule has 3 heterocycles. The molecule has 3 fully saturated rings. The molecule has 5 rings (SSSR count). The molecule has 0 aromatic heterocycles. The number of likely N-dealkylation sites (tertiary alicyclic amines) is 1. The van der Waals surface area contributed by atoms with Crippen molar-refractivity contribution >= 4 is 23.8 Å². The van der Waals surface area contributed by atoms with Crippen molar-refractivity contribution in [3.8, 4) is 0 Å². The van der Waals surface area contributed by atoms with Gasteiger partial charge in [0.25, 0.3) is 0 Å². The highest BCUT2D eigenvalue weighted by Crippen LogP contribution is 2.59. The fourth-order valence-corrected chi connectivity index (χ4v) is 5.29. The summed E-state index contributed by atoms with van der Waals surface area (Å²) >= 11 is 0. The van der Waals surface area contributed by atoms with Crippen LogP contribution in [-0.4, -0.2) is 73.6 Å². The molecule has 2 saturated heterocycles. The quantitative estimate of drug-likeness (QED) is 0.740. The van der Waals surface area contributed by atoms with Crippen LogP contribution < -0.4 is 10.2 Å². The fraction of sp³-hybridized carbons (Fsp3) is 0.550. The van der Waals surface area contributed by atoms with Crippen LogP contribution >= 0.6 is 0 Å². The Labute approximate surface area is 171 Å². The highest BCUT2D eigenvalue weighted by Gasteiger charge is 2.58. The van der Waals surface area contributed by atoms with Crippen LogP contribution in [0.4, 0.5) is 19.7 Å². The van der Waals surface area contributed by atoms with Crippen LogP contribution in [0.15, 0.2) is 12.1 Å². The van der Waals surface area contributed by atoms with E-state index in [0.29, 0.717) is 30.8 Å². The number of cyclic esters (lactones) is 1. The summed E-state index contributed by atoms with van der Waals surface area (Å²) in [6.45, 7) is 0.683. The van der Waals surface area contributed by atoms with Crippen molar-refractivity contribution in [2.24, 2.45) is 11.8 Å². The molecule has 1 aliphatic carbocycles. The third-order valence-electron chi connectivity index (χ3n) is 6.77. The standard InChI is InChI=1S/C20H22FN3O6/c1-29-19(27)22-5-16-15-3-9-2-10(13(21)4-14(9)24(15)20(28)30-16)18-11-6-23(7-12(11)18)17(26)8-25/h2,4,11-12,15-16,18,25H,3,5-8H2,1H3,(H,22,27)/t11?,12?,15-,16-,18?/m0/s1. The number of methoxy groups -OCH3 is 1. The number of hydrogen-bond acceptors (Lipinski definition) is 6. The second-order valence-electron chi connectivity index (χ2n) is 8.25. The van der Waals surface area contributed by atoms with Crippen LogP contribution in [-0.2, 0) is 20.7 Å². The molecule has 0 spiro atoms. The number of carbonyl (C=O) groups excluding carboxylic acids is 3. The molecule has 0 bridgehead atoms. The maximum atomic E-state index is 15.0. The van der Waals surface area contributed by atoms with Gasteiger partial charge in [0, 0.05) is 13.1 Å². The summed E-state index contributed by atoms with van der Waals surface area (Å²) in [4.78, 5) is 38.4. The molecule has 4 atom stereocenters. The lowest BCUT2D eigenvalue weighted by Crippen LogP contribution is -2.40. The van der Waals surface area contributed by atoms with Gasteiger partial charge in [-0.25, -0.2) is 14.0 Å². The number of ether oxygens (including phenoxy) is 2. The Morgan fingerprint density at radius 1 is 1.33 bits per heavy atom. The first kappa shape index (κ1) is 19.1. The van der Waals surface area contributed by atoms with Crippen LogP contribution in [0.25, 0.3) is 0 Å². The van der Waals surface area contributed by atoms with Gasteiger partial charge in [-0.1, -0.05) is 6.07 Å². The minimum absolute atomic E-state index is 0.0530. The summed E-state index contributed by atoms with van der Waals surface area (Å²) in [6.07, 6.45) is -1.20. The van der Waals surface area contributed by atoms with Gasteiger partial charge in [-0.15, -0.1) is 0 Å². The minimum atomic E-state index is -0.609. The monoisotopic (exact) mass is 419 g/mol. The van der Waals surface area contributed by atoms with Gasteiger partial charge >= 0.3 is 12.2 Å². The number of aliphatic hydroxyl groups is 1. The molecular formula is C20H22FN3O6. The van der Waals surface area contributed by atoms with Crippen LogP contribution in [0.5, 0.6) is 0 Å². The Morgan fingerprint density at radius 3 is 2.73 bits per heavy atom. The second-order valence-corrected chi connectivity index (χ2v) is 8.25. The predicted octanol–water partition coefficient (Wildman–Crippen LogP) is 0.596. The molecule has 10 heteroatoms. The van der Waals surface area contributed by atoms with Gasteiger partial charge in [-0.3, -0.25) is 9.69 Å². The number of amides is 3. The third kappa shape index (κ3) is 2.81. The van der Waals surface area contributed by atoms with Crippen molar-refractivity contribution in [1.29, 1.82) is 0 Å². The number of hydrogen-bond donors (Lipinski definition) is 2. The van der Waals surface area contributed by atoms with Gasteiger partial charge in [-0.2, -0.15) is 0 Å². The summed E-state index contributed by atoms with van der Waals surface area (Å²) in [6, 6.07) is 2.92. The highest BCUT2D eigenvalue weighted by molar-refractivity contribution is 5.94. The van der Waals surface area contributed by atoms with Crippen molar-refractivity contribution in [1.82, 2.24) is 10.2 Å². The molecule has 1 aromatic carbocycles. The van der Waals surface area contributed by atoms with Crippen molar-refractivity contribution in [3.63, 3.8) is 0 Å². The molecular weight excluding hydrogens is 397 g/mol. The molecule has 1 saturated carbocycles. The molecule has 2 N–H and O–H groups in total. The number of benzene rings is 1. The van der Waals surface area contributed by atoms with Crippen molar-refractivity contribution in [2.45, 2.75) is 24.5 Å². The van der Waals surface area contributed by atoms with Gasteiger partial charge in [0.05, 0.1) is 25.4 Å². The fourth-order valence-electron chi connectivity index (χ4n) is 5.29. The minimum Gasteiger partial charge on any atom is -0.453 e. The Morgan fingerprint density at radius 2 is 2.07 bits per heavy atom. The zero-order valence-corrected chi connectivity index (χ0v) is 16.3. The normalized spacial score (nSPS) is 30.5. The van der Waals surface area contributed by atoms with E-state index in [4.69, 9.17) is 9.84 Å². The Hall–Kier alpha value is -2.88. The van der Waals surface area contributed by atoms with E-state index in [1.54, 1.807) is 4.90 Å².